The first kappa shape index (κ1) is 13.9. The van der Waals surface area contributed by atoms with Gasteiger partial charge < -0.3 is 9.84 Å². The Morgan fingerprint density at radius 1 is 1.14 bits per heavy atom. The molecule has 110 valence electrons. The highest BCUT2D eigenvalue weighted by Crippen LogP contribution is 2.18. The summed E-state index contributed by atoms with van der Waals surface area (Å²) in [6.45, 7) is 1.79. The van der Waals surface area contributed by atoms with Gasteiger partial charge in [0.15, 0.2) is 0 Å². The zero-order chi connectivity index (χ0) is 15.4. The topological polar surface area (TPSA) is 80.9 Å². The second-order valence-electron chi connectivity index (χ2n) is 4.75. The molecule has 2 heterocycles. The Hall–Kier alpha value is -3.02. The van der Waals surface area contributed by atoms with E-state index in [4.69, 9.17) is 4.52 Å². The Morgan fingerprint density at radius 3 is 2.59 bits per heavy atom. The van der Waals surface area contributed by atoms with Gasteiger partial charge in [0.2, 0.25) is 11.7 Å². The van der Waals surface area contributed by atoms with Crippen LogP contribution in [-0.4, -0.2) is 21.0 Å². The highest BCUT2D eigenvalue weighted by atomic mass is 16.5. The fourth-order valence-electron chi connectivity index (χ4n) is 1.96. The fraction of sp³-hybridized carbons (Fsp3) is 0.125. The number of nitrogens with zero attached hydrogens (tertiary/aromatic N) is 3. The third kappa shape index (κ3) is 3.01. The second-order valence-corrected chi connectivity index (χ2v) is 4.75. The van der Waals surface area contributed by atoms with E-state index in [2.05, 4.69) is 20.4 Å². The fourth-order valence-corrected chi connectivity index (χ4v) is 1.96. The molecule has 6 nitrogen and oxygen atoms in total. The van der Waals surface area contributed by atoms with Crippen LogP contribution >= 0.6 is 0 Å². The summed E-state index contributed by atoms with van der Waals surface area (Å²) in [6, 6.07) is 12.4. The molecule has 0 radical (unpaired) electrons. The monoisotopic (exact) mass is 294 g/mol. The van der Waals surface area contributed by atoms with E-state index >= 15 is 0 Å². The minimum Gasteiger partial charge on any atom is -0.341 e. The Labute approximate surface area is 127 Å². The van der Waals surface area contributed by atoms with E-state index in [0.29, 0.717) is 17.3 Å². The highest BCUT2D eigenvalue weighted by molar-refractivity contribution is 5.94. The zero-order valence-electron chi connectivity index (χ0n) is 11.9. The van der Waals surface area contributed by atoms with Gasteiger partial charge in [0.1, 0.15) is 6.04 Å². The van der Waals surface area contributed by atoms with Gasteiger partial charge >= 0.3 is 0 Å². The summed E-state index contributed by atoms with van der Waals surface area (Å²) in [5.74, 6) is 0.649. The predicted molar refractivity (Wildman–Crippen MR) is 79.9 cm³/mol. The number of rotatable bonds is 4. The quantitative estimate of drug-likeness (QED) is 0.800. The number of pyridine rings is 1. The van der Waals surface area contributed by atoms with E-state index in [1.807, 2.05) is 30.3 Å². The van der Waals surface area contributed by atoms with Gasteiger partial charge in [0, 0.05) is 23.5 Å². The van der Waals surface area contributed by atoms with Crippen molar-refractivity contribution in [1.29, 1.82) is 0 Å². The zero-order valence-corrected chi connectivity index (χ0v) is 11.9. The molecule has 1 N–H and O–H groups in total. The Kier molecular flexibility index (Phi) is 3.91. The second kappa shape index (κ2) is 6.17. The molecule has 6 heteroatoms. The van der Waals surface area contributed by atoms with Crippen molar-refractivity contribution in [2.24, 2.45) is 0 Å². The third-order valence-electron chi connectivity index (χ3n) is 3.13. The maximum atomic E-state index is 12.1. The molecule has 0 spiro atoms. The molecular formula is C16H14N4O2. The van der Waals surface area contributed by atoms with E-state index < -0.39 is 0 Å². The van der Waals surface area contributed by atoms with Crippen LogP contribution in [0.15, 0.2) is 59.4 Å². The van der Waals surface area contributed by atoms with E-state index in [0.717, 1.165) is 5.56 Å². The summed E-state index contributed by atoms with van der Waals surface area (Å²) in [4.78, 5) is 20.3. The molecule has 22 heavy (non-hydrogen) atoms. The van der Waals surface area contributed by atoms with Crippen molar-refractivity contribution in [3.8, 4) is 11.4 Å². The number of aromatic nitrogens is 3. The number of carbonyl (C=O) groups excluding carboxylic acids is 1. The molecule has 3 aromatic rings. The lowest BCUT2D eigenvalue weighted by atomic mass is 10.2. The van der Waals surface area contributed by atoms with Crippen LogP contribution in [0.1, 0.15) is 29.2 Å². The number of hydrogen-bond donors (Lipinski definition) is 1. The first-order chi connectivity index (χ1) is 10.7. The molecule has 1 atom stereocenters. The van der Waals surface area contributed by atoms with Crippen molar-refractivity contribution >= 4 is 5.91 Å². The first-order valence-corrected chi connectivity index (χ1v) is 6.84. The standard InChI is InChI=1S/C16H14N4O2/c1-11(18-15(21)13-7-9-17-10-8-13)16-19-14(20-22-16)12-5-3-2-4-6-12/h2-11H,1H3,(H,18,21). The van der Waals surface area contributed by atoms with Crippen molar-refractivity contribution in [3.05, 3.63) is 66.3 Å². The summed E-state index contributed by atoms with van der Waals surface area (Å²) in [5.41, 5.74) is 1.40. The molecule has 0 aliphatic rings. The maximum Gasteiger partial charge on any atom is 0.252 e. The molecule has 1 amide bonds. The van der Waals surface area contributed by atoms with Gasteiger partial charge in [-0.25, -0.2) is 0 Å². The van der Waals surface area contributed by atoms with Gasteiger partial charge in [-0.1, -0.05) is 35.5 Å². The molecule has 0 saturated carbocycles. The summed E-state index contributed by atoms with van der Waals surface area (Å²) < 4.78 is 5.23. The average Bonchev–Trinajstić information content (AvgIpc) is 3.06. The van der Waals surface area contributed by atoms with Crippen molar-refractivity contribution in [1.82, 2.24) is 20.4 Å². The molecule has 3 rings (SSSR count). The molecule has 0 bridgehead atoms. The molecule has 2 aromatic heterocycles. The van der Waals surface area contributed by atoms with Crippen LogP contribution in [0.3, 0.4) is 0 Å². The smallest absolute Gasteiger partial charge is 0.252 e. The Bertz CT molecular complexity index is 756. The lowest BCUT2D eigenvalue weighted by molar-refractivity contribution is 0.0932. The van der Waals surface area contributed by atoms with Gasteiger partial charge in [-0.15, -0.1) is 0 Å². The third-order valence-corrected chi connectivity index (χ3v) is 3.13. The largest absolute Gasteiger partial charge is 0.341 e. The number of nitrogens with one attached hydrogen (secondary N) is 1. The summed E-state index contributed by atoms with van der Waals surface area (Å²) in [5, 5.41) is 6.75. The van der Waals surface area contributed by atoms with Crippen LogP contribution in [0.4, 0.5) is 0 Å². The number of benzene rings is 1. The Balaban J connectivity index is 1.72. The van der Waals surface area contributed by atoms with Crippen molar-refractivity contribution < 1.29 is 9.32 Å². The predicted octanol–water partition coefficient (Wildman–Crippen LogP) is 2.62. The van der Waals surface area contributed by atoms with E-state index in [-0.39, 0.29) is 11.9 Å². The van der Waals surface area contributed by atoms with Crippen molar-refractivity contribution in [3.63, 3.8) is 0 Å². The van der Waals surface area contributed by atoms with Gasteiger partial charge in [0.25, 0.3) is 5.91 Å². The minimum atomic E-state index is -0.384. The van der Waals surface area contributed by atoms with Gasteiger partial charge in [-0.2, -0.15) is 4.98 Å². The molecule has 0 aliphatic heterocycles. The van der Waals surface area contributed by atoms with E-state index in [9.17, 15) is 4.79 Å². The molecular weight excluding hydrogens is 280 g/mol. The van der Waals surface area contributed by atoms with Crippen molar-refractivity contribution in [2.45, 2.75) is 13.0 Å². The summed E-state index contributed by atoms with van der Waals surface area (Å²) in [7, 11) is 0. The van der Waals surface area contributed by atoms with Gasteiger partial charge in [-0.3, -0.25) is 9.78 Å². The molecule has 0 aliphatic carbocycles. The number of hydrogen-bond acceptors (Lipinski definition) is 5. The Morgan fingerprint density at radius 2 is 1.86 bits per heavy atom. The van der Waals surface area contributed by atoms with Crippen LogP contribution in [0.2, 0.25) is 0 Å². The normalized spacial score (nSPS) is 11.9. The highest BCUT2D eigenvalue weighted by Gasteiger charge is 2.17. The van der Waals surface area contributed by atoms with Crippen LogP contribution in [-0.2, 0) is 0 Å². The SMILES string of the molecule is CC(NC(=O)c1ccncc1)c1nc(-c2ccccc2)no1. The molecule has 1 unspecified atom stereocenters. The lowest BCUT2D eigenvalue weighted by Crippen LogP contribution is -2.26. The van der Waals surface area contributed by atoms with Gasteiger partial charge in [-0.05, 0) is 19.1 Å². The molecule has 1 aromatic carbocycles. The first-order valence-electron chi connectivity index (χ1n) is 6.84. The number of carbonyl (C=O) groups is 1. The van der Waals surface area contributed by atoms with E-state index in [1.165, 1.54) is 0 Å². The molecule has 0 saturated heterocycles. The van der Waals surface area contributed by atoms with E-state index in [1.54, 1.807) is 31.5 Å². The molecule has 0 fully saturated rings. The van der Waals surface area contributed by atoms with Gasteiger partial charge in [0.05, 0.1) is 0 Å². The average molecular weight is 294 g/mol. The van der Waals surface area contributed by atoms with Crippen LogP contribution in [0, 0.1) is 0 Å². The van der Waals surface area contributed by atoms with Crippen LogP contribution < -0.4 is 5.32 Å². The summed E-state index contributed by atoms with van der Waals surface area (Å²) >= 11 is 0. The number of amides is 1. The maximum absolute atomic E-state index is 12.1. The van der Waals surface area contributed by atoms with Crippen LogP contribution in [0.5, 0.6) is 0 Å². The van der Waals surface area contributed by atoms with Crippen LogP contribution in [0.25, 0.3) is 11.4 Å². The van der Waals surface area contributed by atoms with Crippen molar-refractivity contribution in [2.75, 3.05) is 0 Å². The lowest BCUT2D eigenvalue weighted by Gasteiger charge is -2.09. The summed E-state index contributed by atoms with van der Waals surface area (Å²) in [6.07, 6.45) is 3.14. The minimum absolute atomic E-state index is 0.214.